The Morgan fingerprint density at radius 1 is 1.31 bits per heavy atom. The summed E-state index contributed by atoms with van der Waals surface area (Å²) in [7, 11) is 0. The van der Waals surface area contributed by atoms with Crippen LogP contribution in [0, 0.1) is 0 Å². The van der Waals surface area contributed by atoms with Gasteiger partial charge in [0.1, 0.15) is 0 Å². The number of rotatable bonds is 2. The van der Waals surface area contributed by atoms with Crippen molar-refractivity contribution in [3.8, 4) is 0 Å². The number of pyridine rings is 1. The summed E-state index contributed by atoms with van der Waals surface area (Å²) in [5.74, 6) is -1.19. The predicted molar refractivity (Wildman–Crippen MR) is 61.2 cm³/mol. The van der Waals surface area contributed by atoms with Crippen LogP contribution in [0.1, 0.15) is 5.56 Å². The van der Waals surface area contributed by atoms with Gasteiger partial charge >= 0.3 is 5.97 Å². The number of carbonyl (C=O) groups is 1. The van der Waals surface area contributed by atoms with Gasteiger partial charge < -0.3 is 10.1 Å². The van der Waals surface area contributed by atoms with E-state index >= 15 is 0 Å². The van der Waals surface area contributed by atoms with Crippen LogP contribution in [0.4, 0.5) is 0 Å². The van der Waals surface area contributed by atoms with E-state index in [0.29, 0.717) is 10.9 Å². The molecule has 0 bridgehead atoms. The lowest BCUT2D eigenvalue weighted by Crippen LogP contribution is -2.12. The number of hydrogen-bond donors (Lipinski definition) is 2. The first-order valence-corrected chi connectivity index (χ1v) is 4.64. The molecule has 2 N–H and O–H groups in total. The molecule has 0 aliphatic carbocycles. The molecule has 0 unspecified atom stereocenters. The minimum Gasteiger partial charge on any atom is -0.478 e. The van der Waals surface area contributed by atoms with Crippen LogP contribution in [0.3, 0.4) is 0 Å². The summed E-state index contributed by atoms with van der Waals surface area (Å²) >= 11 is 0. The standard InChI is InChI=1S/C12H9NO3/c1-7(12(15)16)9-6-13-10-5-3-2-4-8(10)11(9)14/h2-6H,1H2,(H,13,14)(H,15,16). The zero-order valence-electron chi connectivity index (χ0n) is 8.36. The maximum absolute atomic E-state index is 11.9. The smallest absolute Gasteiger partial charge is 0.335 e. The first-order chi connectivity index (χ1) is 7.61. The van der Waals surface area contributed by atoms with Gasteiger partial charge in [-0.15, -0.1) is 0 Å². The topological polar surface area (TPSA) is 70.2 Å². The van der Waals surface area contributed by atoms with Gasteiger partial charge in [0, 0.05) is 17.1 Å². The molecule has 2 aromatic rings. The fraction of sp³-hybridized carbons (Fsp3) is 0. The number of carboxylic acid groups (broad SMARTS) is 1. The maximum Gasteiger partial charge on any atom is 0.335 e. The molecule has 0 aliphatic rings. The molecule has 0 saturated carbocycles. The number of aromatic amines is 1. The van der Waals surface area contributed by atoms with Gasteiger partial charge in [-0.05, 0) is 12.1 Å². The number of carboxylic acids is 1. The Labute approximate surface area is 90.9 Å². The van der Waals surface area contributed by atoms with Crippen LogP contribution >= 0.6 is 0 Å². The molecule has 0 fully saturated rings. The van der Waals surface area contributed by atoms with Gasteiger partial charge in [-0.25, -0.2) is 4.79 Å². The minimum atomic E-state index is -1.19. The summed E-state index contributed by atoms with van der Waals surface area (Å²) in [6.45, 7) is 3.37. The van der Waals surface area contributed by atoms with Gasteiger partial charge in [-0.1, -0.05) is 18.7 Å². The summed E-state index contributed by atoms with van der Waals surface area (Å²) in [5.41, 5.74) is 0.245. The number of aliphatic carboxylic acids is 1. The van der Waals surface area contributed by atoms with Crippen molar-refractivity contribution in [2.24, 2.45) is 0 Å². The van der Waals surface area contributed by atoms with E-state index in [2.05, 4.69) is 11.6 Å². The third kappa shape index (κ3) is 1.50. The van der Waals surface area contributed by atoms with Gasteiger partial charge in [0.15, 0.2) is 5.43 Å². The van der Waals surface area contributed by atoms with Gasteiger partial charge in [-0.2, -0.15) is 0 Å². The van der Waals surface area contributed by atoms with Gasteiger partial charge in [0.2, 0.25) is 0 Å². The Balaban J connectivity index is 2.75. The lowest BCUT2D eigenvalue weighted by atomic mass is 10.1. The summed E-state index contributed by atoms with van der Waals surface area (Å²) in [6.07, 6.45) is 1.38. The van der Waals surface area contributed by atoms with Crippen molar-refractivity contribution in [2.75, 3.05) is 0 Å². The summed E-state index contributed by atoms with van der Waals surface area (Å²) in [5, 5.41) is 9.24. The Kier molecular flexibility index (Phi) is 2.32. The monoisotopic (exact) mass is 215 g/mol. The summed E-state index contributed by atoms with van der Waals surface area (Å²) in [4.78, 5) is 25.5. The zero-order chi connectivity index (χ0) is 11.7. The molecule has 1 aromatic carbocycles. The van der Waals surface area contributed by atoms with E-state index < -0.39 is 5.97 Å². The third-order valence-corrected chi connectivity index (χ3v) is 2.37. The number of para-hydroxylation sites is 1. The normalized spacial score (nSPS) is 10.2. The predicted octanol–water partition coefficient (Wildman–Crippen LogP) is 1.63. The van der Waals surface area contributed by atoms with Gasteiger partial charge in [0.05, 0.1) is 11.1 Å². The second kappa shape index (κ2) is 3.66. The van der Waals surface area contributed by atoms with E-state index in [1.807, 2.05) is 0 Å². The average Bonchev–Trinajstić information content (AvgIpc) is 2.29. The lowest BCUT2D eigenvalue weighted by Gasteiger charge is -2.02. The van der Waals surface area contributed by atoms with Crippen molar-refractivity contribution < 1.29 is 9.90 Å². The molecule has 2 rings (SSSR count). The molecular weight excluding hydrogens is 206 g/mol. The third-order valence-electron chi connectivity index (χ3n) is 2.37. The van der Waals surface area contributed by atoms with E-state index in [4.69, 9.17) is 5.11 Å². The van der Waals surface area contributed by atoms with Crippen LogP contribution in [0.15, 0.2) is 41.8 Å². The quantitative estimate of drug-likeness (QED) is 0.748. The molecular formula is C12H9NO3. The number of aromatic nitrogens is 1. The van der Waals surface area contributed by atoms with E-state index in [1.165, 1.54) is 6.20 Å². The van der Waals surface area contributed by atoms with Crippen molar-refractivity contribution in [3.63, 3.8) is 0 Å². The number of H-pyrrole nitrogens is 1. The van der Waals surface area contributed by atoms with Crippen molar-refractivity contribution in [3.05, 3.63) is 52.8 Å². The van der Waals surface area contributed by atoms with E-state index in [9.17, 15) is 9.59 Å². The molecule has 16 heavy (non-hydrogen) atoms. The van der Waals surface area contributed by atoms with Crippen LogP contribution in [0.25, 0.3) is 16.5 Å². The number of benzene rings is 1. The summed E-state index contributed by atoms with van der Waals surface area (Å²) < 4.78 is 0. The number of nitrogens with one attached hydrogen (secondary N) is 1. The van der Waals surface area contributed by atoms with Crippen LogP contribution < -0.4 is 5.43 Å². The second-order valence-electron chi connectivity index (χ2n) is 3.36. The van der Waals surface area contributed by atoms with Crippen LogP contribution in [-0.2, 0) is 4.79 Å². The van der Waals surface area contributed by atoms with E-state index in [-0.39, 0.29) is 16.6 Å². The molecule has 4 nitrogen and oxygen atoms in total. The highest BCUT2D eigenvalue weighted by Crippen LogP contribution is 2.12. The highest BCUT2D eigenvalue weighted by Gasteiger charge is 2.12. The van der Waals surface area contributed by atoms with Crippen LogP contribution in [-0.4, -0.2) is 16.1 Å². The molecule has 4 heteroatoms. The van der Waals surface area contributed by atoms with Crippen LogP contribution in [0.2, 0.25) is 0 Å². The number of fused-ring (bicyclic) bond motifs is 1. The first-order valence-electron chi connectivity index (χ1n) is 4.64. The highest BCUT2D eigenvalue weighted by atomic mass is 16.4. The molecule has 1 aromatic heterocycles. The molecule has 0 spiro atoms. The highest BCUT2D eigenvalue weighted by molar-refractivity contribution is 6.14. The van der Waals surface area contributed by atoms with Gasteiger partial charge in [-0.3, -0.25) is 4.79 Å². The molecule has 0 atom stereocenters. The second-order valence-corrected chi connectivity index (χ2v) is 3.36. The maximum atomic E-state index is 11.9. The minimum absolute atomic E-state index is 0.0891. The van der Waals surface area contributed by atoms with Crippen molar-refractivity contribution in [1.29, 1.82) is 0 Å². The molecule has 80 valence electrons. The van der Waals surface area contributed by atoms with Crippen molar-refractivity contribution >= 4 is 22.4 Å². The van der Waals surface area contributed by atoms with Crippen molar-refractivity contribution in [2.45, 2.75) is 0 Å². The van der Waals surface area contributed by atoms with E-state index in [0.717, 1.165) is 0 Å². The average molecular weight is 215 g/mol. The Hall–Kier alpha value is -2.36. The van der Waals surface area contributed by atoms with Crippen LogP contribution in [0.5, 0.6) is 0 Å². The lowest BCUT2D eigenvalue weighted by molar-refractivity contribution is -0.130. The fourth-order valence-electron chi connectivity index (χ4n) is 1.51. The van der Waals surface area contributed by atoms with Gasteiger partial charge in [0.25, 0.3) is 0 Å². The Morgan fingerprint density at radius 2 is 2.00 bits per heavy atom. The molecule has 1 heterocycles. The molecule has 0 amide bonds. The molecule has 0 saturated heterocycles. The number of hydrogen-bond acceptors (Lipinski definition) is 2. The van der Waals surface area contributed by atoms with Crippen molar-refractivity contribution in [1.82, 2.24) is 4.98 Å². The molecule has 0 aliphatic heterocycles. The summed E-state index contributed by atoms with van der Waals surface area (Å²) in [6, 6.07) is 6.92. The fourth-order valence-corrected chi connectivity index (χ4v) is 1.51. The Bertz CT molecular complexity index is 640. The molecule has 0 radical (unpaired) electrons. The zero-order valence-corrected chi connectivity index (χ0v) is 8.36. The first kappa shape index (κ1) is 10.2. The SMILES string of the molecule is C=C(C(=O)O)c1c[nH]c2ccccc2c1=O. The largest absolute Gasteiger partial charge is 0.478 e. The van der Waals surface area contributed by atoms with E-state index in [1.54, 1.807) is 24.3 Å². The Morgan fingerprint density at radius 3 is 2.69 bits per heavy atom.